The van der Waals surface area contributed by atoms with Crippen LogP contribution in [0, 0.1) is 0 Å². The molecule has 3 heteroatoms. The van der Waals surface area contributed by atoms with Crippen molar-refractivity contribution in [3.05, 3.63) is 0 Å². The molecule has 0 rings (SSSR count). The van der Waals surface area contributed by atoms with Crippen molar-refractivity contribution in [1.82, 2.24) is 0 Å². The van der Waals surface area contributed by atoms with E-state index in [2.05, 4.69) is 11.7 Å². The molecule has 0 fully saturated rings. The van der Waals surface area contributed by atoms with E-state index in [9.17, 15) is 4.79 Å². The summed E-state index contributed by atoms with van der Waals surface area (Å²) >= 11 is 0. The molecule has 0 amide bonds. The first kappa shape index (κ1) is 28.3. The third-order valence-corrected chi connectivity index (χ3v) is 5.97. The molecule has 0 heterocycles. The van der Waals surface area contributed by atoms with Crippen LogP contribution in [0.3, 0.4) is 0 Å². The lowest BCUT2D eigenvalue weighted by atomic mass is 10.0. The Morgan fingerprint density at radius 3 is 0.966 bits per heavy atom. The average molecular weight is 413 g/mol. The van der Waals surface area contributed by atoms with Crippen LogP contribution in [0.2, 0.25) is 0 Å². The summed E-state index contributed by atoms with van der Waals surface area (Å²) in [6.07, 6.45) is 30.4. The molecule has 0 aromatic rings. The standard InChI is InChI=1S/C26H52O3/c1-2-3-4-5-6-7-8-9-10-11-12-13-14-15-16-17-18-19-20-21-22-23-24-25-29-26(27)28/h2-25H2,1H3,(H,27,28). The van der Waals surface area contributed by atoms with E-state index in [1.54, 1.807) is 0 Å². The van der Waals surface area contributed by atoms with E-state index in [0.29, 0.717) is 6.61 Å². The van der Waals surface area contributed by atoms with Gasteiger partial charge >= 0.3 is 6.16 Å². The molecule has 0 atom stereocenters. The summed E-state index contributed by atoms with van der Waals surface area (Å²) in [6, 6.07) is 0. The van der Waals surface area contributed by atoms with Crippen LogP contribution < -0.4 is 0 Å². The first-order valence-electron chi connectivity index (χ1n) is 13.1. The number of rotatable bonds is 24. The fourth-order valence-electron chi connectivity index (χ4n) is 4.05. The van der Waals surface area contributed by atoms with E-state index in [-0.39, 0.29) is 0 Å². The molecule has 0 unspecified atom stereocenters. The van der Waals surface area contributed by atoms with Crippen LogP contribution in [-0.2, 0) is 4.74 Å². The number of hydrogen-bond acceptors (Lipinski definition) is 2. The Morgan fingerprint density at radius 1 is 0.483 bits per heavy atom. The van der Waals surface area contributed by atoms with Crippen molar-refractivity contribution in [2.24, 2.45) is 0 Å². The normalized spacial score (nSPS) is 11.1. The highest BCUT2D eigenvalue weighted by Crippen LogP contribution is 2.15. The third-order valence-electron chi connectivity index (χ3n) is 5.97. The quantitative estimate of drug-likeness (QED) is 0.127. The maximum absolute atomic E-state index is 10.2. The SMILES string of the molecule is CCCCCCCCCCCCCCCCCCCCCCCCCOC(=O)O. The summed E-state index contributed by atoms with van der Waals surface area (Å²) in [7, 11) is 0. The van der Waals surface area contributed by atoms with E-state index in [1.807, 2.05) is 0 Å². The molecule has 0 bridgehead atoms. The van der Waals surface area contributed by atoms with Crippen molar-refractivity contribution in [3.63, 3.8) is 0 Å². The van der Waals surface area contributed by atoms with Crippen LogP contribution in [0.1, 0.15) is 155 Å². The topological polar surface area (TPSA) is 46.5 Å². The average Bonchev–Trinajstić information content (AvgIpc) is 2.71. The molecule has 29 heavy (non-hydrogen) atoms. The molecule has 0 saturated heterocycles. The molecule has 0 aliphatic carbocycles. The molecular weight excluding hydrogens is 360 g/mol. The minimum absolute atomic E-state index is 0.356. The number of ether oxygens (including phenoxy) is 1. The molecule has 0 aliphatic rings. The second-order valence-electron chi connectivity index (χ2n) is 8.89. The van der Waals surface area contributed by atoms with Crippen LogP contribution in [0.4, 0.5) is 4.79 Å². The molecule has 0 spiro atoms. The summed E-state index contributed by atoms with van der Waals surface area (Å²) < 4.78 is 4.51. The molecule has 3 nitrogen and oxygen atoms in total. The Balaban J connectivity index is 2.99. The molecular formula is C26H52O3. The lowest BCUT2D eigenvalue weighted by molar-refractivity contribution is 0.0899. The lowest BCUT2D eigenvalue weighted by Crippen LogP contribution is -2.01. The van der Waals surface area contributed by atoms with Crippen LogP contribution in [-0.4, -0.2) is 17.9 Å². The van der Waals surface area contributed by atoms with E-state index in [0.717, 1.165) is 12.8 Å². The second-order valence-corrected chi connectivity index (χ2v) is 8.89. The van der Waals surface area contributed by atoms with E-state index < -0.39 is 6.16 Å². The van der Waals surface area contributed by atoms with E-state index in [1.165, 1.54) is 135 Å². The van der Waals surface area contributed by atoms with Crippen molar-refractivity contribution >= 4 is 6.16 Å². The van der Waals surface area contributed by atoms with Gasteiger partial charge in [-0.25, -0.2) is 4.79 Å². The Labute approximate surface area is 182 Å². The minimum atomic E-state index is -1.15. The van der Waals surface area contributed by atoms with Crippen LogP contribution in [0.15, 0.2) is 0 Å². The number of hydrogen-bond donors (Lipinski definition) is 1. The van der Waals surface area contributed by atoms with E-state index >= 15 is 0 Å². The maximum Gasteiger partial charge on any atom is 0.505 e. The molecule has 0 saturated carbocycles. The fraction of sp³-hybridized carbons (Fsp3) is 0.962. The van der Waals surface area contributed by atoms with Crippen molar-refractivity contribution in [3.8, 4) is 0 Å². The lowest BCUT2D eigenvalue weighted by Gasteiger charge is -2.04. The van der Waals surface area contributed by atoms with Gasteiger partial charge < -0.3 is 9.84 Å². The monoisotopic (exact) mass is 412 g/mol. The summed E-state index contributed by atoms with van der Waals surface area (Å²) in [5.41, 5.74) is 0. The molecule has 1 N–H and O–H groups in total. The van der Waals surface area contributed by atoms with Gasteiger partial charge in [-0.1, -0.05) is 148 Å². The minimum Gasteiger partial charge on any atom is -0.450 e. The van der Waals surface area contributed by atoms with Crippen molar-refractivity contribution < 1.29 is 14.6 Å². The number of unbranched alkanes of at least 4 members (excludes halogenated alkanes) is 22. The second kappa shape index (κ2) is 25.3. The molecule has 0 aromatic heterocycles. The predicted octanol–water partition coefficient (Wildman–Crippen LogP) is 9.67. The van der Waals surface area contributed by atoms with Crippen molar-refractivity contribution in [2.45, 2.75) is 155 Å². The zero-order chi connectivity index (χ0) is 21.3. The van der Waals surface area contributed by atoms with Crippen molar-refractivity contribution in [2.75, 3.05) is 6.61 Å². The van der Waals surface area contributed by atoms with Gasteiger partial charge in [0.05, 0.1) is 6.61 Å². The zero-order valence-electron chi connectivity index (χ0n) is 19.7. The van der Waals surface area contributed by atoms with Gasteiger partial charge in [0.15, 0.2) is 0 Å². The first-order valence-corrected chi connectivity index (χ1v) is 13.1. The Kier molecular flexibility index (Phi) is 24.7. The zero-order valence-corrected chi connectivity index (χ0v) is 19.7. The third kappa shape index (κ3) is 27.3. The van der Waals surface area contributed by atoms with Crippen LogP contribution in [0.5, 0.6) is 0 Å². The Bertz CT molecular complexity index is 317. The smallest absolute Gasteiger partial charge is 0.450 e. The molecule has 0 aromatic carbocycles. The summed E-state index contributed by atoms with van der Waals surface area (Å²) in [5, 5.41) is 8.37. The van der Waals surface area contributed by atoms with E-state index in [4.69, 9.17) is 5.11 Å². The van der Waals surface area contributed by atoms with Gasteiger partial charge in [0.25, 0.3) is 0 Å². The Hall–Kier alpha value is -0.730. The van der Waals surface area contributed by atoms with Crippen molar-refractivity contribution in [1.29, 1.82) is 0 Å². The molecule has 0 radical (unpaired) electrons. The van der Waals surface area contributed by atoms with Gasteiger partial charge in [-0.05, 0) is 6.42 Å². The highest BCUT2D eigenvalue weighted by atomic mass is 16.7. The number of carboxylic acid groups (broad SMARTS) is 1. The molecule has 174 valence electrons. The summed E-state index contributed by atoms with van der Waals surface area (Å²) in [4.78, 5) is 10.2. The molecule has 0 aliphatic heterocycles. The highest BCUT2D eigenvalue weighted by Gasteiger charge is 1.97. The van der Waals surface area contributed by atoms with Crippen LogP contribution in [0.25, 0.3) is 0 Å². The fourth-order valence-corrected chi connectivity index (χ4v) is 4.05. The summed E-state index contributed by atoms with van der Waals surface area (Å²) in [6.45, 7) is 2.65. The predicted molar refractivity (Wildman–Crippen MR) is 126 cm³/mol. The largest absolute Gasteiger partial charge is 0.505 e. The maximum atomic E-state index is 10.2. The van der Waals surface area contributed by atoms with Crippen LogP contribution >= 0.6 is 0 Å². The Morgan fingerprint density at radius 2 is 0.724 bits per heavy atom. The van der Waals surface area contributed by atoms with Gasteiger partial charge in [-0.3, -0.25) is 0 Å². The van der Waals surface area contributed by atoms with Gasteiger partial charge in [0.1, 0.15) is 0 Å². The first-order chi connectivity index (χ1) is 14.3. The van der Waals surface area contributed by atoms with Gasteiger partial charge in [-0.15, -0.1) is 0 Å². The van der Waals surface area contributed by atoms with Gasteiger partial charge in [0, 0.05) is 0 Å². The number of carbonyl (C=O) groups is 1. The summed E-state index contributed by atoms with van der Waals surface area (Å²) in [5.74, 6) is 0. The van der Waals surface area contributed by atoms with Gasteiger partial charge in [-0.2, -0.15) is 0 Å². The highest BCUT2D eigenvalue weighted by molar-refractivity contribution is 5.56. The van der Waals surface area contributed by atoms with Gasteiger partial charge in [0.2, 0.25) is 0 Å².